The van der Waals surface area contributed by atoms with Crippen LogP contribution in [-0.2, 0) is 40.8 Å². The summed E-state index contributed by atoms with van der Waals surface area (Å²) >= 11 is 0. The van der Waals surface area contributed by atoms with Gasteiger partial charge in [0.2, 0.25) is 0 Å². The van der Waals surface area contributed by atoms with Gasteiger partial charge in [-0.3, -0.25) is 9.59 Å². The molecule has 0 radical (unpaired) electrons. The number of carbonyl (C=O) groups is 2. The van der Waals surface area contributed by atoms with E-state index in [9.17, 15) is 9.59 Å². The van der Waals surface area contributed by atoms with Gasteiger partial charge >= 0.3 is 11.9 Å². The summed E-state index contributed by atoms with van der Waals surface area (Å²) in [5.74, 6) is 2.90. The van der Waals surface area contributed by atoms with Crippen LogP contribution in [0.3, 0.4) is 0 Å². The first-order valence-corrected chi connectivity index (χ1v) is 32.6. The van der Waals surface area contributed by atoms with Gasteiger partial charge in [-0.25, -0.2) is 0 Å². The Hall–Kier alpha value is -3.05. The summed E-state index contributed by atoms with van der Waals surface area (Å²) in [7, 11) is -3.72. The highest BCUT2D eigenvalue weighted by atomic mass is 28.4. The van der Waals surface area contributed by atoms with Crippen LogP contribution in [0.25, 0.3) is 0 Å². The Morgan fingerprint density at radius 1 is 0.721 bits per heavy atom. The van der Waals surface area contributed by atoms with Crippen LogP contribution in [0.2, 0.25) is 36.3 Å². The fourth-order valence-electron chi connectivity index (χ4n) is 10.6. The lowest BCUT2D eigenvalue weighted by atomic mass is 9.83. The second kappa shape index (κ2) is 27.0. The minimum atomic E-state index is -1.87. The fraction of sp³-hybridized carbons (Fsp3) is 0.667. The Bertz CT molecular complexity index is 1840. The molecule has 1 heterocycles. The van der Waals surface area contributed by atoms with E-state index in [1.54, 1.807) is 6.08 Å². The van der Waals surface area contributed by atoms with Gasteiger partial charge in [-0.05, 0) is 161 Å². The summed E-state index contributed by atoms with van der Waals surface area (Å²) < 4.78 is 25.8. The van der Waals surface area contributed by atoms with Crippen LogP contribution in [0.4, 0.5) is 0 Å². The van der Waals surface area contributed by atoms with Gasteiger partial charge in [0.25, 0.3) is 0 Å². The summed E-state index contributed by atoms with van der Waals surface area (Å²) in [5, 5.41) is 0.398. The number of hydrogen-bond donors (Lipinski definition) is 0. The summed E-state index contributed by atoms with van der Waals surface area (Å²) in [6.07, 6.45) is 23.8. The third-order valence-corrected chi connectivity index (χ3v) is 25.8. The zero-order valence-electron chi connectivity index (χ0n) is 45.0. The molecule has 0 amide bonds. The van der Waals surface area contributed by atoms with E-state index in [1.807, 2.05) is 6.08 Å². The highest BCUT2D eigenvalue weighted by Crippen LogP contribution is 2.47. The van der Waals surface area contributed by atoms with Crippen molar-refractivity contribution in [3.8, 4) is 0 Å². The second-order valence-corrected chi connectivity index (χ2v) is 33.5. The smallest absolute Gasteiger partial charge is 0.306 e. The molecule has 2 aliphatic carbocycles. The predicted molar refractivity (Wildman–Crippen MR) is 291 cm³/mol. The Labute approximate surface area is 418 Å². The van der Waals surface area contributed by atoms with Crippen LogP contribution in [0.5, 0.6) is 0 Å². The highest BCUT2D eigenvalue weighted by Gasteiger charge is 2.45. The molecule has 2 fully saturated rings. The highest BCUT2D eigenvalue weighted by molar-refractivity contribution is 6.74. The molecule has 2 saturated carbocycles. The van der Waals surface area contributed by atoms with E-state index in [0.29, 0.717) is 54.8 Å². The van der Waals surface area contributed by atoms with Crippen molar-refractivity contribution in [2.45, 2.75) is 219 Å². The first-order valence-electron chi connectivity index (χ1n) is 26.7. The number of aryl methyl sites for hydroxylation is 2. The third-order valence-electron chi connectivity index (χ3n) is 16.7. The molecule has 2 aromatic rings. The molecule has 0 aromatic heterocycles. The molecular weight excluding hydrogens is 873 g/mol. The summed E-state index contributed by atoms with van der Waals surface area (Å²) in [5.41, 5.74) is 2.77. The lowest BCUT2D eigenvalue weighted by molar-refractivity contribution is -0.152. The van der Waals surface area contributed by atoms with Crippen molar-refractivity contribution in [3.05, 3.63) is 109 Å². The quantitative estimate of drug-likeness (QED) is 0.0665. The lowest BCUT2D eigenvalue weighted by Gasteiger charge is -2.40. The molecule has 10 atom stereocenters. The number of rotatable bonds is 22. The van der Waals surface area contributed by atoms with Crippen molar-refractivity contribution >= 4 is 28.6 Å². The molecular formula is C60H96O6Si2. The summed E-state index contributed by atoms with van der Waals surface area (Å²) in [4.78, 5) is 24.6. The van der Waals surface area contributed by atoms with E-state index in [4.69, 9.17) is 18.3 Å². The standard InChI is InChI=1S/C31H50O3Si.C29H46O3Si/c1-9-11-18-30(32)33-29-23-24(3)27(28(29)15-10-2)22-21-26(34-35(7,8)31(4,5)6)20-19-25-16-13-12-14-17-25;1-22-21-27-26(15-11-8-12-16-28(30)31-27)25(22)20-19-24(32-33(5,6)29(2,3)4)18-17-23-13-9-7-10-14-23/h9-10,12-14,16-17,24,26-29H,1-2,11,15,18-23H2,3-8H3;7-11,13-14,22,24-27H,12,15-21H2,1-6H3/b;11-8-/t24-,26+,27+,28-,29+;22-,24+,25+,26-,27+/m11/s1. The SMILES string of the molecule is C=CCCC(=O)O[C@H]1C[C@@H](C)[C@H](CC[C@H](CCc2ccccc2)O[Si](C)(C)C(C)(C)C)[C@H]1CC=C.C[C@@H]1C[C@@H]2OC(=O)CC/C=C\C[C@@H]2[C@H]1CC[C@H](CCc1ccccc1)O[Si](C)(C)C(C)(C)C. The zero-order valence-corrected chi connectivity index (χ0v) is 47.0. The van der Waals surface area contributed by atoms with E-state index in [-0.39, 0.29) is 46.4 Å². The van der Waals surface area contributed by atoms with E-state index in [0.717, 1.165) is 83.5 Å². The molecule has 6 nitrogen and oxygen atoms in total. The minimum Gasteiger partial charge on any atom is -0.462 e. The summed E-state index contributed by atoms with van der Waals surface area (Å²) in [6, 6.07) is 21.6. The second-order valence-electron chi connectivity index (χ2n) is 23.9. The van der Waals surface area contributed by atoms with Gasteiger partial charge in [0.15, 0.2) is 16.6 Å². The lowest BCUT2D eigenvalue weighted by Crippen LogP contribution is -2.44. The van der Waals surface area contributed by atoms with Crippen LogP contribution >= 0.6 is 0 Å². The maximum atomic E-state index is 12.3. The van der Waals surface area contributed by atoms with Crippen molar-refractivity contribution in [2.75, 3.05) is 0 Å². The monoisotopic (exact) mass is 969 g/mol. The van der Waals surface area contributed by atoms with E-state index >= 15 is 0 Å². The van der Waals surface area contributed by atoms with Gasteiger partial charge in [0, 0.05) is 36.9 Å². The fourth-order valence-corrected chi connectivity index (χ4v) is 13.4. The summed E-state index contributed by atoms with van der Waals surface area (Å²) in [6.45, 7) is 35.8. The molecule has 2 aromatic carbocycles. The van der Waals surface area contributed by atoms with Crippen molar-refractivity contribution in [1.29, 1.82) is 0 Å². The van der Waals surface area contributed by atoms with Crippen LogP contribution in [0.1, 0.15) is 156 Å². The molecule has 1 aliphatic heterocycles. The maximum Gasteiger partial charge on any atom is 0.306 e. The minimum absolute atomic E-state index is 0.00519. The van der Waals surface area contributed by atoms with Crippen molar-refractivity contribution in [2.24, 2.45) is 35.5 Å². The van der Waals surface area contributed by atoms with E-state index in [1.165, 1.54) is 11.1 Å². The van der Waals surface area contributed by atoms with Gasteiger partial charge in [-0.2, -0.15) is 0 Å². The number of ether oxygens (including phenoxy) is 2. The molecule has 3 aliphatic rings. The number of carbonyl (C=O) groups excluding carboxylic acids is 2. The zero-order chi connectivity index (χ0) is 50.1. The van der Waals surface area contributed by atoms with Gasteiger partial charge in [-0.1, -0.05) is 140 Å². The number of fused-ring (bicyclic) bond motifs is 1. The van der Waals surface area contributed by atoms with Gasteiger partial charge < -0.3 is 18.3 Å². The Morgan fingerprint density at radius 2 is 1.24 bits per heavy atom. The average Bonchev–Trinajstić information content (AvgIpc) is 3.75. The molecule has 0 unspecified atom stereocenters. The molecule has 0 spiro atoms. The largest absolute Gasteiger partial charge is 0.462 e. The van der Waals surface area contributed by atoms with Crippen molar-refractivity contribution in [1.82, 2.24) is 0 Å². The Balaban J connectivity index is 0.000000297. The molecule has 68 heavy (non-hydrogen) atoms. The van der Waals surface area contributed by atoms with Gasteiger partial charge in [0.1, 0.15) is 12.2 Å². The van der Waals surface area contributed by atoms with Gasteiger partial charge in [-0.15, -0.1) is 13.2 Å². The van der Waals surface area contributed by atoms with E-state index < -0.39 is 16.6 Å². The Kier molecular flexibility index (Phi) is 22.8. The number of allylic oxidation sites excluding steroid dienone is 4. The Morgan fingerprint density at radius 3 is 1.74 bits per heavy atom. The van der Waals surface area contributed by atoms with Crippen molar-refractivity contribution < 1.29 is 27.9 Å². The number of hydrogen-bond acceptors (Lipinski definition) is 6. The van der Waals surface area contributed by atoms with Gasteiger partial charge in [0.05, 0.1) is 0 Å². The van der Waals surface area contributed by atoms with Crippen LogP contribution in [-0.4, -0.2) is 53.0 Å². The molecule has 0 saturated heterocycles. The molecule has 380 valence electrons. The number of benzene rings is 2. The van der Waals surface area contributed by atoms with Crippen LogP contribution < -0.4 is 0 Å². The molecule has 5 rings (SSSR count). The predicted octanol–water partition coefficient (Wildman–Crippen LogP) is 16.2. The third kappa shape index (κ3) is 18.0. The van der Waals surface area contributed by atoms with Crippen LogP contribution in [0.15, 0.2) is 98.1 Å². The maximum absolute atomic E-state index is 12.3. The van der Waals surface area contributed by atoms with Crippen LogP contribution in [0, 0.1) is 35.5 Å². The molecule has 0 bridgehead atoms. The van der Waals surface area contributed by atoms with Crippen molar-refractivity contribution in [3.63, 3.8) is 0 Å². The number of esters is 2. The first kappa shape index (κ1) is 57.5. The van der Waals surface area contributed by atoms with E-state index in [2.05, 4.69) is 168 Å². The molecule has 8 heteroatoms. The topological polar surface area (TPSA) is 71.1 Å². The normalized spacial score (nSPS) is 25.9. The average molecular weight is 970 g/mol. The first-order chi connectivity index (χ1) is 32.0. The molecule has 0 N–H and O–H groups in total.